The number of nitrogens with two attached hydrogens (primary N) is 1. The van der Waals surface area contributed by atoms with Crippen LogP contribution in [0, 0.1) is 6.92 Å². The van der Waals surface area contributed by atoms with E-state index >= 15 is 0 Å². The highest BCUT2D eigenvalue weighted by Gasteiger charge is 2.13. The lowest BCUT2D eigenvalue weighted by Gasteiger charge is -2.27. The maximum absolute atomic E-state index is 5.99. The number of guanidine groups is 1. The number of rotatable bonds is 3. The zero-order valence-corrected chi connectivity index (χ0v) is 14.5. The molecule has 0 aromatic carbocycles. The topological polar surface area (TPSA) is 67.7 Å². The van der Waals surface area contributed by atoms with Crippen LogP contribution in [-0.4, -0.2) is 40.4 Å². The normalized spacial score (nSPS) is 16.3. The second-order valence-electron chi connectivity index (χ2n) is 4.24. The smallest absolute Gasteiger partial charge is 0.194 e. The summed E-state index contributed by atoms with van der Waals surface area (Å²) >= 11 is 1.96. The summed E-state index contributed by atoms with van der Waals surface area (Å²) in [6, 6.07) is 0. The second kappa shape index (κ2) is 7.98. The molecule has 0 radical (unpaired) electrons. The highest BCUT2D eigenvalue weighted by Crippen LogP contribution is 2.13. The Balaban J connectivity index is 0.00000180. The maximum atomic E-state index is 5.99. The first-order valence-electron chi connectivity index (χ1n) is 6.28. The van der Waals surface area contributed by atoms with E-state index in [2.05, 4.69) is 14.9 Å². The Kier molecular flexibility index (Phi) is 6.98. The number of nitrogens with zero attached hydrogens (tertiary/aromatic N) is 3. The molecule has 2 N–H and O–H groups in total. The van der Waals surface area contributed by atoms with Crippen molar-refractivity contribution < 1.29 is 4.42 Å². The minimum Gasteiger partial charge on any atom is -0.443 e. The fraction of sp³-hybridized carbons (Fsp3) is 0.667. The fourth-order valence-corrected chi connectivity index (χ4v) is 2.73. The molecule has 108 valence electrons. The number of thioether (sulfide) groups is 1. The van der Waals surface area contributed by atoms with Gasteiger partial charge < -0.3 is 15.1 Å². The third-order valence-electron chi connectivity index (χ3n) is 2.96. The van der Waals surface area contributed by atoms with Gasteiger partial charge in [0.25, 0.3) is 0 Å². The molecule has 1 aromatic rings. The largest absolute Gasteiger partial charge is 0.443 e. The van der Waals surface area contributed by atoms with Gasteiger partial charge in [-0.2, -0.15) is 11.8 Å². The summed E-state index contributed by atoms with van der Waals surface area (Å²) in [5.74, 6) is 4.45. The Bertz CT molecular complexity index is 429. The zero-order valence-electron chi connectivity index (χ0n) is 11.4. The van der Waals surface area contributed by atoms with E-state index in [-0.39, 0.29) is 24.0 Å². The van der Waals surface area contributed by atoms with Crippen molar-refractivity contribution in [2.24, 2.45) is 10.7 Å². The Hall–Kier alpha value is -0.440. The molecule has 19 heavy (non-hydrogen) atoms. The molecule has 1 fully saturated rings. The summed E-state index contributed by atoms with van der Waals surface area (Å²) < 4.78 is 5.60. The highest BCUT2D eigenvalue weighted by atomic mass is 127. The zero-order chi connectivity index (χ0) is 13.0. The van der Waals surface area contributed by atoms with E-state index in [0.29, 0.717) is 12.5 Å². The average molecular weight is 396 g/mol. The molecule has 1 saturated heterocycles. The molecule has 1 aliphatic heterocycles. The molecule has 0 amide bonds. The van der Waals surface area contributed by atoms with Crippen LogP contribution in [0.25, 0.3) is 0 Å². The van der Waals surface area contributed by atoms with E-state index in [9.17, 15) is 0 Å². The molecular weight excluding hydrogens is 375 g/mol. The van der Waals surface area contributed by atoms with Crippen LogP contribution in [0.5, 0.6) is 0 Å². The van der Waals surface area contributed by atoms with Crippen LogP contribution in [0.2, 0.25) is 0 Å². The number of hydrogen-bond acceptors (Lipinski definition) is 4. The molecule has 5 nitrogen and oxygen atoms in total. The maximum Gasteiger partial charge on any atom is 0.194 e. The number of oxazole rings is 1. The summed E-state index contributed by atoms with van der Waals surface area (Å²) in [4.78, 5) is 10.9. The Morgan fingerprint density at radius 1 is 1.47 bits per heavy atom. The third kappa shape index (κ3) is 4.55. The highest BCUT2D eigenvalue weighted by molar-refractivity contribution is 14.0. The molecule has 1 aliphatic rings. The van der Waals surface area contributed by atoms with Crippen molar-refractivity contribution in [3.05, 3.63) is 17.3 Å². The summed E-state index contributed by atoms with van der Waals surface area (Å²) in [7, 11) is 0. The van der Waals surface area contributed by atoms with Crippen molar-refractivity contribution >= 4 is 41.7 Å². The molecule has 0 aliphatic carbocycles. The van der Waals surface area contributed by atoms with Crippen molar-refractivity contribution in [1.82, 2.24) is 9.88 Å². The van der Waals surface area contributed by atoms with Gasteiger partial charge in [-0.25, -0.2) is 9.98 Å². The van der Waals surface area contributed by atoms with E-state index < -0.39 is 0 Å². The lowest BCUT2D eigenvalue weighted by atomic mass is 10.4. The SMILES string of the molecule is CCc1nc(C)c(CN=C(N)N2CCSCC2)o1.I. The molecule has 7 heteroatoms. The van der Waals surface area contributed by atoms with Gasteiger partial charge in [-0.1, -0.05) is 6.92 Å². The van der Waals surface area contributed by atoms with E-state index in [1.54, 1.807) is 0 Å². The molecule has 2 heterocycles. The Morgan fingerprint density at radius 3 is 2.74 bits per heavy atom. The van der Waals surface area contributed by atoms with Crippen LogP contribution in [0.1, 0.15) is 24.3 Å². The monoisotopic (exact) mass is 396 g/mol. The summed E-state index contributed by atoms with van der Waals surface area (Å²) in [5.41, 5.74) is 6.90. The minimum absolute atomic E-state index is 0. The number of aryl methyl sites for hydroxylation is 2. The summed E-state index contributed by atoms with van der Waals surface area (Å²) in [6.07, 6.45) is 0.809. The molecule has 0 saturated carbocycles. The first-order valence-corrected chi connectivity index (χ1v) is 7.44. The van der Waals surface area contributed by atoms with E-state index in [4.69, 9.17) is 10.2 Å². The average Bonchev–Trinajstić information content (AvgIpc) is 2.77. The van der Waals surface area contributed by atoms with Crippen molar-refractivity contribution in [3.8, 4) is 0 Å². The lowest BCUT2D eigenvalue weighted by molar-refractivity contribution is 0.444. The predicted octanol–water partition coefficient (Wildman–Crippen LogP) is 2.03. The Labute approximate surface area is 135 Å². The Morgan fingerprint density at radius 2 is 2.16 bits per heavy atom. The van der Waals surface area contributed by atoms with Crippen LogP contribution in [0.15, 0.2) is 9.41 Å². The lowest BCUT2D eigenvalue weighted by Crippen LogP contribution is -2.42. The van der Waals surface area contributed by atoms with Gasteiger partial charge in [-0.05, 0) is 6.92 Å². The number of aliphatic imine (C=N–C) groups is 1. The molecule has 0 unspecified atom stereocenters. The van der Waals surface area contributed by atoms with Gasteiger partial charge in [-0.3, -0.25) is 0 Å². The van der Waals surface area contributed by atoms with Gasteiger partial charge >= 0.3 is 0 Å². The van der Waals surface area contributed by atoms with Gasteiger partial charge in [-0.15, -0.1) is 24.0 Å². The van der Waals surface area contributed by atoms with E-state index in [1.165, 1.54) is 0 Å². The standard InChI is InChI=1S/C12H20N4OS.HI/c1-3-11-15-9(2)10(17-11)8-14-12(13)16-4-6-18-7-5-16;/h3-8H2,1-2H3,(H2,13,14);1H. The van der Waals surface area contributed by atoms with Crippen molar-refractivity contribution in [2.75, 3.05) is 24.6 Å². The third-order valence-corrected chi connectivity index (χ3v) is 3.90. The van der Waals surface area contributed by atoms with Crippen molar-refractivity contribution in [1.29, 1.82) is 0 Å². The first-order chi connectivity index (χ1) is 8.70. The van der Waals surface area contributed by atoms with Crippen LogP contribution in [-0.2, 0) is 13.0 Å². The van der Waals surface area contributed by atoms with Gasteiger partial charge in [0.2, 0.25) is 0 Å². The fourth-order valence-electron chi connectivity index (χ4n) is 1.83. The van der Waals surface area contributed by atoms with Crippen molar-refractivity contribution in [3.63, 3.8) is 0 Å². The van der Waals surface area contributed by atoms with Crippen LogP contribution >= 0.6 is 35.7 Å². The molecule has 0 atom stereocenters. The van der Waals surface area contributed by atoms with Gasteiger partial charge in [0.15, 0.2) is 11.9 Å². The first kappa shape index (κ1) is 16.6. The molecule has 1 aromatic heterocycles. The number of hydrogen-bond donors (Lipinski definition) is 1. The molecule has 2 rings (SSSR count). The second-order valence-corrected chi connectivity index (χ2v) is 5.47. The van der Waals surface area contributed by atoms with Crippen LogP contribution < -0.4 is 5.73 Å². The molecular formula is C12H21IN4OS. The number of halogens is 1. The van der Waals surface area contributed by atoms with Crippen LogP contribution in [0.4, 0.5) is 0 Å². The molecule has 0 spiro atoms. The predicted molar refractivity (Wildman–Crippen MR) is 90.3 cm³/mol. The van der Waals surface area contributed by atoms with Gasteiger partial charge in [0.1, 0.15) is 12.3 Å². The van der Waals surface area contributed by atoms with Crippen molar-refractivity contribution in [2.45, 2.75) is 26.8 Å². The van der Waals surface area contributed by atoms with Crippen LogP contribution in [0.3, 0.4) is 0 Å². The minimum atomic E-state index is 0. The quantitative estimate of drug-likeness (QED) is 0.481. The number of aromatic nitrogens is 1. The van der Waals surface area contributed by atoms with E-state index in [1.807, 2.05) is 25.6 Å². The summed E-state index contributed by atoms with van der Waals surface area (Å²) in [5, 5.41) is 0. The van der Waals surface area contributed by atoms with Gasteiger partial charge in [0.05, 0.1) is 5.69 Å². The van der Waals surface area contributed by atoms with Gasteiger partial charge in [0, 0.05) is 31.0 Å². The molecule has 0 bridgehead atoms. The summed E-state index contributed by atoms with van der Waals surface area (Å²) in [6.45, 7) is 6.42. The van der Waals surface area contributed by atoms with E-state index in [0.717, 1.165) is 48.4 Å².